The molecule has 0 bridgehead atoms. The van der Waals surface area contributed by atoms with Crippen LogP contribution in [0.3, 0.4) is 0 Å². The molecule has 0 amide bonds. The van der Waals surface area contributed by atoms with Crippen LogP contribution in [0.4, 0.5) is 0 Å². The molecule has 1 aromatic rings. The summed E-state index contributed by atoms with van der Waals surface area (Å²) >= 11 is 0. The first-order chi connectivity index (χ1) is 8.83. The van der Waals surface area contributed by atoms with E-state index in [0.717, 1.165) is 25.0 Å². The predicted octanol–water partition coefficient (Wildman–Crippen LogP) is 3.25. The summed E-state index contributed by atoms with van der Waals surface area (Å²) in [6, 6.07) is 6.47. The summed E-state index contributed by atoms with van der Waals surface area (Å²) in [4.78, 5) is 0. The second-order valence-corrected chi connectivity index (χ2v) is 5.65. The van der Waals surface area contributed by atoms with Gasteiger partial charge in [-0.05, 0) is 68.2 Å². The summed E-state index contributed by atoms with van der Waals surface area (Å²) in [6.45, 7) is 0. The molecule has 2 aliphatic rings. The lowest BCUT2D eigenvalue weighted by atomic mass is 9.91. The summed E-state index contributed by atoms with van der Waals surface area (Å²) in [5, 5.41) is 9.94. The minimum absolute atomic E-state index is 0.000362. The third-order valence-electron chi connectivity index (χ3n) is 4.28. The van der Waals surface area contributed by atoms with Crippen LogP contribution in [-0.2, 0) is 12.8 Å². The van der Waals surface area contributed by atoms with Gasteiger partial charge in [-0.3, -0.25) is 0 Å². The Balaban J connectivity index is 1.72. The van der Waals surface area contributed by atoms with E-state index >= 15 is 0 Å². The summed E-state index contributed by atoms with van der Waals surface area (Å²) in [5.74, 6) is 0.946. The van der Waals surface area contributed by atoms with Gasteiger partial charge < -0.3 is 9.84 Å². The molecule has 1 fully saturated rings. The zero-order chi connectivity index (χ0) is 12.4. The van der Waals surface area contributed by atoms with Crippen molar-refractivity contribution in [3.05, 3.63) is 29.3 Å². The van der Waals surface area contributed by atoms with Crippen LogP contribution in [0.25, 0.3) is 0 Å². The summed E-state index contributed by atoms with van der Waals surface area (Å²) in [6.07, 6.45) is 8.89. The molecule has 2 nitrogen and oxygen atoms in total. The zero-order valence-corrected chi connectivity index (χ0v) is 10.9. The van der Waals surface area contributed by atoms with Crippen molar-refractivity contribution in [3.63, 3.8) is 0 Å². The minimum atomic E-state index is -0.283. The first-order valence-electron chi connectivity index (χ1n) is 7.29. The van der Waals surface area contributed by atoms with Crippen molar-refractivity contribution < 1.29 is 9.84 Å². The maximum absolute atomic E-state index is 9.94. The molecular weight excluding hydrogens is 224 g/mol. The highest BCUT2D eigenvalue weighted by Crippen LogP contribution is 2.28. The fraction of sp³-hybridized carbons (Fsp3) is 0.625. The van der Waals surface area contributed by atoms with Crippen LogP contribution in [0.15, 0.2) is 18.2 Å². The van der Waals surface area contributed by atoms with Crippen molar-refractivity contribution in [2.75, 3.05) is 0 Å². The Bertz CT molecular complexity index is 414. The number of aliphatic hydroxyl groups is 1. The summed E-state index contributed by atoms with van der Waals surface area (Å²) in [5.41, 5.74) is 2.93. The third-order valence-corrected chi connectivity index (χ3v) is 4.28. The molecule has 0 aliphatic heterocycles. The van der Waals surface area contributed by atoms with Crippen LogP contribution in [0.1, 0.15) is 49.7 Å². The summed E-state index contributed by atoms with van der Waals surface area (Å²) < 4.78 is 5.98. The Morgan fingerprint density at radius 2 is 1.72 bits per heavy atom. The van der Waals surface area contributed by atoms with Crippen LogP contribution in [0.5, 0.6) is 5.75 Å². The molecule has 0 aromatic heterocycles. The van der Waals surface area contributed by atoms with Crippen LogP contribution < -0.4 is 4.74 Å². The van der Waals surface area contributed by atoms with Gasteiger partial charge in [-0.2, -0.15) is 0 Å². The minimum Gasteiger partial charge on any atom is -0.488 e. The average molecular weight is 246 g/mol. The van der Waals surface area contributed by atoms with Crippen molar-refractivity contribution in [3.8, 4) is 5.75 Å². The Morgan fingerprint density at radius 3 is 2.56 bits per heavy atom. The van der Waals surface area contributed by atoms with Crippen molar-refractivity contribution in [1.29, 1.82) is 0 Å². The highest BCUT2D eigenvalue weighted by atomic mass is 16.5. The van der Waals surface area contributed by atoms with Gasteiger partial charge in [0.25, 0.3) is 0 Å². The molecule has 1 aromatic carbocycles. The topological polar surface area (TPSA) is 29.5 Å². The normalized spacial score (nSPS) is 27.6. The van der Waals surface area contributed by atoms with E-state index in [4.69, 9.17) is 4.74 Å². The Kier molecular flexibility index (Phi) is 3.55. The molecule has 0 radical (unpaired) electrons. The van der Waals surface area contributed by atoms with Crippen LogP contribution in [0.2, 0.25) is 0 Å². The largest absolute Gasteiger partial charge is 0.488 e. The molecule has 2 aliphatic carbocycles. The molecule has 0 unspecified atom stereocenters. The maximum Gasteiger partial charge on any atom is 0.124 e. The molecule has 98 valence electrons. The number of aryl methyl sites for hydroxylation is 2. The lowest BCUT2D eigenvalue weighted by Gasteiger charge is -2.28. The quantitative estimate of drug-likeness (QED) is 0.868. The van der Waals surface area contributed by atoms with E-state index in [1.807, 2.05) is 0 Å². The molecule has 2 atom stereocenters. The molecule has 0 saturated heterocycles. The van der Waals surface area contributed by atoms with Gasteiger partial charge in [0.15, 0.2) is 0 Å². The molecule has 3 rings (SSSR count). The van der Waals surface area contributed by atoms with E-state index in [2.05, 4.69) is 18.2 Å². The summed E-state index contributed by atoms with van der Waals surface area (Å²) in [7, 11) is 0. The number of benzene rings is 1. The number of hydrogen-bond acceptors (Lipinski definition) is 2. The van der Waals surface area contributed by atoms with Gasteiger partial charge >= 0.3 is 0 Å². The van der Waals surface area contributed by atoms with E-state index in [1.54, 1.807) is 0 Å². The van der Waals surface area contributed by atoms with Crippen molar-refractivity contribution >= 4 is 0 Å². The predicted molar refractivity (Wildman–Crippen MR) is 72.0 cm³/mol. The average Bonchev–Trinajstić information content (AvgIpc) is 2.41. The second-order valence-electron chi connectivity index (χ2n) is 5.65. The molecule has 1 N–H and O–H groups in total. The van der Waals surface area contributed by atoms with Gasteiger partial charge in [-0.15, -0.1) is 0 Å². The Morgan fingerprint density at radius 1 is 0.944 bits per heavy atom. The zero-order valence-electron chi connectivity index (χ0n) is 10.9. The lowest BCUT2D eigenvalue weighted by molar-refractivity contribution is 0.00682. The van der Waals surface area contributed by atoms with E-state index in [9.17, 15) is 5.11 Å². The van der Waals surface area contributed by atoms with Crippen molar-refractivity contribution in [2.24, 2.45) is 0 Å². The van der Waals surface area contributed by atoms with Gasteiger partial charge in [0.1, 0.15) is 11.9 Å². The van der Waals surface area contributed by atoms with E-state index in [-0.39, 0.29) is 12.2 Å². The van der Waals surface area contributed by atoms with Gasteiger partial charge in [0, 0.05) is 0 Å². The Hall–Kier alpha value is -1.02. The maximum atomic E-state index is 9.94. The second kappa shape index (κ2) is 5.31. The molecule has 18 heavy (non-hydrogen) atoms. The molecule has 1 saturated carbocycles. The first-order valence-corrected chi connectivity index (χ1v) is 7.29. The molecule has 0 heterocycles. The van der Waals surface area contributed by atoms with Crippen molar-refractivity contribution in [1.82, 2.24) is 0 Å². The molecular formula is C16H22O2. The lowest BCUT2D eigenvalue weighted by Crippen LogP contribution is -2.34. The van der Waals surface area contributed by atoms with Gasteiger partial charge in [-0.1, -0.05) is 12.5 Å². The third kappa shape index (κ3) is 2.54. The van der Waals surface area contributed by atoms with Gasteiger partial charge in [0.2, 0.25) is 0 Å². The number of rotatable bonds is 2. The highest BCUT2D eigenvalue weighted by Gasteiger charge is 2.24. The SMILES string of the molecule is O[C@@H]1CCCC[C@H]1Oc1ccc2c(c1)CCCC2. The van der Waals surface area contributed by atoms with E-state index < -0.39 is 0 Å². The number of hydrogen-bond donors (Lipinski definition) is 1. The fourth-order valence-corrected chi connectivity index (χ4v) is 3.17. The molecule has 2 heteroatoms. The van der Waals surface area contributed by atoms with Crippen LogP contribution in [0, 0.1) is 0 Å². The van der Waals surface area contributed by atoms with E-state index in [0.29, 0.717) is 0 Å². The standard InChI is InChI=1S/C16H22O2/c17-15-7-3-4-8-16(15)18-14-10-9-12-5-1-2-6-13(12)11-14/h9-11,15-17H,1-8H2/t15-,16-/m1/s1. The number of ether oxygens (including phenoxy) is 1. The number of aliphatic hydroxyl groups excluding tert-OH is 1. The van der Waals surface area contributed by atoms with Gasteiger partial charge in [-0.25, -0.2) is 0 Å². The fourth-order valence-electron chi connectivity index (χ4n) is 3.17. The van der Waals surface area contributed by atoms with Crippen molar-refractivity contribution in [2.45, 2.75) is 63.6 Å². The van der Waals surface area contributed by atoms with Crippen LogP contribution in [-0.4, -0.2) is 17.3 Å². The van der Waals surface area contributed by atoms with E-state index in [1.165, 1.54) is 43.2 Å². The number of fused-ring (bicyclic) bond motifs is 1. The van der Waals surface area contributed by atoms with Crippen LogP contribution >= 0.6 is 0 Å². The Labute approximate surface area is 109 Å². The highest BCUT2D eigenvalue weighted by molar-refractivity contribution is 5.37. The smallest absolute Gasteiger partial charge is 0.124 e. The van der Waals surface area contributed by atoms with Gasteiger partial charge in [0.05, 0.1) is 6.10 Å². The monoisotopic (exact) mass is 246 g/mol. The first kappa shape index (κ1) is 12.0. The molecule has 0 spiro atoms.